The van der Waals surface area contributed by atoms with E-state index in [0.29, 0.717) is 24.2 Å². The van der Waals surface area contributed by atoms with Gasteiger partial charge in [0.05, 0.1) is 0 Å². The molecule has 3 nitrogen and oxygen atoms in total. The topological polar surface area (TPSA) is 49.3 Å². The number of amides is 1. The predicted octanol–water partition coefficient (Wildman–Crippen LogP) is 2.58. The summed E-state index contributed by atoms with van der Waals surface area (Å²) in [6.45, 7) is 4.40. The van der Waals surface area contributed by atoms with Gasteiger partial charge in [-0.2, -0.15) is 0 Å². The molecule has 1 amide bonds. The summed E-state index contributed by atoms with van der Waals surface area (Å²) in [4.78, 5) is 12.7. The van der Waals surface area contributed by atoms with Crippen LogP contribution in [-0.2, 0) is 4.79 Å². The Balaban J connectivity index is 1.65. The molecular formula is C17H29NO2. The lowest BCUT2D eigenvalue weighted by atomic mass is 9.51. The van der Waals surface area contributed by atoms with Crippen LogP contribution in [0, 0.1) is 35.5 Å². The summed E-state index contributed by atoms with van der Waals surface area (Å²) in [7, 11) is 0. The van der Waals surface area contributed by atoms with Crippen molar-refractivity contribution in [1.29, 1.82) is 0 Å². The van der Waals surface area contributed by atoms with E-state index in [-0.39, 0.29) is 24.5 Å². The second-order valence-electron chi connectivity index (χ2n) is 7.83. The molecule has 0 aromatic rings. The Hall–Kier alpha value is -0.570. The van der Waals surface area contributed by atoms with E-state index in [4.69, 9.17) is 5.11 Å². The molecule has 0 aromatic heterocycles. The fraction of sp³-hybridized carbons (Fsp3) is 0.941. The van der Waals surface area contributed by atoms with Gasteiger partial charge in [-0.15, -0.1) is 0 Å². The summed E-state index contributed by atoms with van der Waals surface area (Å²) in [5, 5.41) is 12.4. The standard InChI is InChI=1S/C17H29NO2/c1-10(2)15(3-4-19)18-17(20)16-13-6-11-5-12(8-13)9-14(16)7-11/h10-16,19H,3-9H2,1-2H3,(H,18,20). The molecule has 1 unspecified atom stereocenters. The minimum atomic E-state index is 0.129. The highest BCUT2D eigenvalue weighted by Gasteiger charge is 2.50. The van der Waals surface area contributed by atoms with E-state index < -0.39 is 0 Å². The van der Waals surface area contributed by atoms with E-state index in [1.54, 1.807) is 0 Å². The quantitative estimate of drug-likeness (QED) is 0.812. The summed E-state index contributed by atoms with van der Waals surface area (Å²) in [6.07, 6.45) is 7.26. The van der Waals surface area contributed by atoms with Gasteiger partial charge in [-0.25, -0.2) is 0 Å². The van der Waals surface area contributed by atoms with Gasteiger partial charge in [0.15, 0.2) is 0 Å². The normalized spacial score (nSPS) is 40.1. The summed E-state index contributed by atoms with van der Waals surface area (Å²) in [5.41, 5.74) is 0. The van der Waals surface area contributed by atoms with Gasteiger partial charge >= 0.3 is 0 Å². The fourth-order valence-electron chi connectivity index (χ4n) is 5.34. The SMILES string of the molecule is CC(C)C(CCO)NC(=O)C1C2CC3CC(C2)CC1C3. The van der Waals surface area contributed by atoms with Crippen molar-refractivity contribution in [3.8, 4) is 0 Å². The monoisotopic (exact) mass is 279 g/mol. The first-order chi connectivity index (χ1) is 9.58. The van der Waals surface area contributed by atoms with E-state index in [9.17, 15) is 4.79 Å². The van der Waals surface area contributed by atoms with Crippen molar-refractivity contribution in [3.63, 3.8) is 0 Å². The molecule has 4 fully saturated rings. The number of aliphatic hydroxyl groups excluding tert-OH is 1. The Morgan fingerprint density at radius 1 is 1.10 bits per heavy atom. The molecule has 1 atom stereocenters. The van der Waals surface area contributed by atoms with E-state index in [1.165, 1.54) is 32.1 Å². The maximum atomic E-state index is 12.7. The number of carbonyl (C=O) groups is 1. The zero-order valence-corrected chi connectivity index (χ0v) is 12.8. The lowest BCUT2D eigenvalue weighted by molar-refractivity contribution is -0.139. The number of hydrogen-bond donors (Lipinski definition) is 2. The van der Waals surface area contributed by atoms with Crippen molar-refractivity contribution < 1.29 is 9.90 Å². The van der Waals surface area contributed by atoms with Gasteiger partial charge in [0.2, 0.25) is 5.91 Å². The van der Waals surface area contributed by atoms with Crippen LogP contribution < -0.4 is 5.32 Å². The van der Waals surface area contributed by atoms with Crippen LogP contribution in [0.25, 0.3) is 0 Å². The summed E-state index contributed by atoms with van der Waals surface area (Å²) >= 11 is 0. The Kier molecular flexibility index (Phi) is 4.07. The first-order valence-electron chi connectivity index (χ1n) is 8.49. The molecule has 0 aromatic carbocycles. The van der Waals surface area contributed by atoms with Crippen molar-refractivity contribution in [2.24, 2.45) is 35.5 Å². The molecule has 4 rings (SSSR count). The fourth-order valence-corrected chi connectivity index (χ4v) is 5.34. The maximum absolute atomic E-state index is 12.7. The van der Waals surface area contributed by atoms with Crippen LogP contribution in [-0.4, -0.2) is 23.7 Å². The van der Waals surface area contributed by atoms with Crippen LogP contribution in [0.3, 0.4) is 0 Å². The molecule has 0 heterocycles. The first-order valence-corrected chi connectivity index (χ1v) is 8.49. The minimum absolute atomic E-state index is 0.129. The van der Waals surface area contributed by atoms with Gasteiger partial charge in [-0.1, -0.05) is 13.8 Å². The molecule has 20 heavy (non-hydrogen) atoms. The first kappa shape index (κ1) is 14.4. The van der Waals surface area contributed by atoms with Crippen molar-refractivity contribution in [1.82, 2.24) is 5.32 Å². The lowest BCUT2D eigenvalue weighted by Crippen LogP contribution is -2.53. The highest BCUT2D eigenvalue weighted by molar-refractivity contribution is 5.80. The van der Waals surface area contributed by atoms with Crippen molar-refractivity contribution in [2.75, 3.05) is 6.61 Å². The van der Waals surface area contributed by atoms with E-state index in [2.05, 4.69) is 19.2 Å². The molecule has 2 N–H and O–H groups in total. The van der Waals surface area contributed by atoms with Crippen LogP contribution in [0.5, 0.6) is 0 Å². The third-order valence-corrected chi connectivity index (χ3v) is 6.10. The van der Waals surface area contributed by atoms with Gasteiger partial charge in [-0.05, 0) is 68.1 Å². The molecule has 0 aliphatic heterocycles. The Morgan fingerprint density at radius 2 is 1.65 bits per heavy atom. The number of rotatable bonds is 5. The van der Waals surface area contributed by atoms with Crippen LogP contribution in [0.2, 0.25) is 0 Å². The van der Waals surface area contributed by atoms with Gasteiger partial charge in [0, 0.05) is 18.6 Å². The second kappa shape index (κ2) is 5.67. The van der Waals surface area contributed by atoms with E-state index in [1.807, 2.05) is 0 Å². The van der Waals surface area contributed by atoms with Crippen LogP contribution in [0.4, 0.5) is 0 Å². The molecule has 4 aliphatic rings. The molecule has 0 radical (unpaired) electrons. The molecule has 4 saturated carbocycles. The molecule has 0 spiro atoms. The number of hydrogen-bond acceptors (Lipinski definition) is 2. The average molecular weight is 279 g/mol. The Labute approximate surface area is 122 Å². The van der Waals surface area contributed by atoms with Crippen molar-refractivity contribution in [2.45, 2.75) is 58.4 Å². The van der Waals surface area contributed by atoms with Crippen LogP contribution in [0.15, 0.2) is 0 Å². The Bertz CT molecular complexity index is 338. The third-order valence-electron chi connectivity index (χ3n) is 6.10. The van der Waals surface area contributed by atoms with Gasteiger partial charge in [-0.3, -0.25) is 4.79 Å². The van der Waals surface area contributed by atoms with E-state index in [0.717, 1.165) is 11.8 Å². The molecule has 114 valence electrons. The van der Waals surface area contributed by atoms with Crippen LogP contribution in [0.1, 0.15) is 52.4 Å². The van der Waals surface area contributed by atoms with Gasteiger partial charge < -0.3 is 10.4 Å². The van der Waals surface area contributed by atoms with Crippen LogP contribution >= 0.6 is 0 Å². The smallest absolute Gasteiger partial charge is 0.223 e. The summed E-state index contributed by atoms with van der Waals surface area (Å²) in [5.74, 6) is 4.07. The molecular weight excluding hydrogens is 250 g/mol. The summed E-state index contributed by atoms with van der Waals surface area (Å²) in [6, 6.07) is 0.129. The average Bonchev–Trinajstić information content (AvgIpc) is 2.36. The highest BCUT2D eigenvalue weighted by Crippen LogP contribution is 2.56. The van der Waals surface area contributed by atoms with Crippen molar-refractivity contribution in [3.05, 3.63) is 0 Å². The number of nitrogens with one attached hydrogen (secondary N) is 1. The molecule has 4 aliphatic carbocycles. The Morgan fingerprint density at radius 3 is 2.10 bits per heavy atom. The molecule has 3 heteroatoms. The number of carbonyl (C=O) groups excluding carboxylic acids is 1. The van der Waals surface area contributed by atoms with E-state index >= 15 is 0 Å². The molecule has 0 saturated heterocycles. The van der Waals surface area contributed by atoms with Crippen molar-refractivity contribution >= 4 is 5.91 Å². The zero-order valence-electron chi connectivity index (χ0n) is 12.8. The highest BCUT2D eigenvalue weighted by atomic mass is 16.3. The van der Waals surface area contributed by atoms with Gasteiger partial charge in [0.25, 0.3) is 0 Å². The lowest BCUT2D eigenvalue weighted by Gasteiger charge is -2.53. The maximum Gasteiger partial charge on any atom is 0.223 e. The van der Waals surface area contributed by atoms with Gasteiger partial charge in [0.1, 0.15) is 0 Å². The summed E-state index contributed by atoms with van der Waals surface area (Å²) < 4.78 is 0. The number of aliphatic hydroxyl groups is 1. The zero-order chi connectivity index (χ0) is 14.3. The molecule has 4 bridgehead atoms. The minimum Gasteiger partial charge on any atom is -0.396 e. The predicted molar refractivity (Wildman–Crippen MR) is 79.0 cm³/mol. The third kappa shape index (κ3) is 2.61. The second-order valence-corrected chi connectivity index (χ2v) is 7.83. The largest absolute Gasteiger partial charge is 0.396 e.